The zero-order chi connectivity index (χ0) is 13.9. The van der Waals surface area contributed by atoms with Gasteiger partial charge in [-0.1, -0.05) is 6.92 Å². The zero-order valence-corrected chi connectivity index (χ0v) is 13.2. The van der Waals surface area contributed by atoms with Gasteiger partial charge in [-0.25, -0.2) is 13.4 Å². The fourth-order valence-corrected chi connectivity index (χ4v) is 5.25. The normalized spacial score (nSPS) is 23.6. The van der Waals surface area contributed by atoms with Gasteiger partial charge in [-0.3, -0.25) is 0 Å². The van der Waals surface area contributed by atoms with Crippen molar-refractivity contribution in [1.29, 1.82) is 0 Å². The van der Waals surface area contributed by atoms with Crippen LogP contribution in [-0.2, 0) is 16.3 Å². The predicted molar refractivity (Wildman–Crippen MR) is 79.3 cm³/mol. The van der Waals surface area contributed by atoms with E-state index in [-0.39, 0.29) is 5.92 Å². The summed E-state index contributed by atoms with van der Waals surface area (Å²) < 4.78 is 23.3. The summed E-state index contributed by atoms with van der Waals surface area (Å²) in [7, 11) is -2.80. The first-order chi connectivity index (χ1) is 9.00. The van der Waals surface area contributed by atoms with Gasteiger partial charge in [0.2, 0.25) is 0 Å². The third-order valence-corrected chi connectivity index (χ3v) is 6.34. The molecular formula is C13H22N2O2S2. The van der Waals surface area contributed by atoms with E-state index in [1.807, 2.05) is 6.92 Å². The molecule has 1 aliphatic rings. The molecule has 0 aromatic carbocycles. The molecule has 2 atom stereocenters. The zero-order valence-electron chi connectivity index (χ0n) is 11.6. The van der Waals surface area contributed by atoms with Crippen molar-refractivity contribution in [3.63, 3.8) is 0 Å². The Morgan fingerprint density at radius 2 is 2.37 bits per heavy atom. The van der Waals surface area contributed by atoms with Gasteiger partial charge in [0.1, 0.15) is 0 Å². The lowest BCUT2D eigenvalue weighted by molar-refractivity contribution is 0.344. The van der Waals surface area contributed by atoms with Crippen LogP contribution in [-0.4, -0.2) is 38.0 Å². The second kappa shape index (κ2) is 6.33. The average molecular weight is 302 g/mol. The molecule has 0 aliphatic carbocycles. The number of rotatable bonds is 6. The Kier molecular flexibility index (Phi) is 4.97. The first kappa shape index (κ1) is 14.9. The Morgan fingerprint density at radius 1 is 1.58 bits per heavy atom. The second-order valence-corrected chi connectivity index (χ2v) is 8.58. The standard InChI is InChI=1S/C13H22N2O2S2/c1-3-14-7-12(6-13-8-18-10(2)15-13)11-4-5-19(16,17)9-11/h8,11-12,14H,3-7,9H2,1-2H3. The Hall–Kier alpha value is -0.460. The SMILES string of the molecule is CCNCC(Cc1csc(C)n1)C1CCS(=O)(=O)C1. The van der Waals surface area contributed by atoms with E-state index in [4.69, 9.17) is 0 Å². The number of aromatic nitrogens is 1. The highest BCUT2D eigenvalue weighted by atomic mass is 32.2. The highest BCUT2D eigenvalue weighted by Gasteiger charge is 2.33. The summed E-state index contributed by atoms with van der Waals surface area (Å²) in [5, 5.41) is 6.54. The molecular weight excluding hydrogens is 280 g/mol. The lowest BCUT2D eigenvalue weighted by Gasteiger charge is -2.22. The molecule has 1 N–H and O–H groups in total. The number of hydrogen-bond donors (Lipinski definition) is 1. The Bertz CT molecular complexity index is 510. The van der Waals surface area contributed by atoms with Gasteiger partial charge in [-0.2, -0.15) is 0 Å². The van der Waals surface area contributed by atoms with Crippen molar-refractivity contribution < 1.29 is 8.42 Å². The van der Waals surface area contributed by atoms with Gasteiger partial charge in [0.05, 0.1) is 22.2 Å². The highest BCUT2D eigenvalue weighted by Crippen LogP contribution is 2.28. The molecule has 6 heteroatoms. The quantitative estimate of drug-likeness (QED) is 0.868. The van der Waals surface area contributed by atoms with E-state index in [9.17, 15) is 8.42 Å². The molecule has 108 valence electrons. The van der Waals surface area contributed by atoms with Crippen LogP contribution >= 0.6 is 11.3 Å². The molecule has 0 bridgehead atoms. The van der Waals surface area contributed by atoms with Crippen LogP contribution in [0.1, 0.15) is 24.0 Å². The summed E-state index contributed by atoms with van der Waals surface area (Å²) in [5.74, 6) is 1.37. The lowest BCUT2D eigenvalue weighted by atomic mass is 9.88. The number of aryl methyl sites for hydroxylation is 1. The Labute approximate surface area is 119 Å². The fourth-order valence-electron chi connectivity index (χ4n) is 2.70. The first-order valence-corrected chi connectivity index (χ1v) is 9.52. The van der Waals surface area contributed by atoms with Crippen molar-refractivity contribution in [1.82, 2.24) is 10.3 Å². The molecule has 19 heavy (non-hydrogen) atoms. The topological polar surface area (TPSA) is 59.1 Å². The predicted octanol–water partition coefficient (Wildman–Crippen LogP) is 1.65. The van der Waals surface area contributed by atoms with Crippen molar-refractivity contribution in [3.8, 4) is 0 Å². The van der Waals surface area contributed by atoms with Gasteiger partial charge < -0.3 is 5.32 Å². The molecule has 1 aromatic heterocycles. The van der Waals surface area contributed by atoms with Gasteiger partial charge in [0.15, 0.2) is 9.84 Å². The summed E-state index contributed by atoms with van der Waals surface area (Å²) in [6, 6.07) is 0. The Morgan fingerprint density at radius 3 is 2.89 bits per heavy atom. The minimum Gasteiger partial charge on any atom is -0.317 e. The van der Waals surface area contributed by atoms with Crippen molar-refractivity contribution in [2.24, 2.45) is 11.8 Å². The van der Waals surface area contributed by atoms with E-state index < -0.39 is 9.84 Å². The van der Waals surface area contributed by atoms with Crippen LogP contribution in [0.2, 0.25) is 0 Å². The summed E-state index contributed by atoms with van der Waals surface area (Å²) in [5.41, 5.74) is 1.11. The molecule has 4 nitrogen and oxygen atoms in total. The molecule has 0 spiro atoms. The molecule has 0 saturated carbocycles. The molecule has 0 radical (unpaired) electrons. The molecule has 0 amide bonds. The van der Waals surface area contributed by atoms with E-state index in [2.05, 4.69) is 22.6 Å². The summed E-state index contributed by atoms with van der Waals surface area (Å²) >= 11 is 1.66. The van der Waals surface area contributed by atoms with Crippen LogP contribution in [0.15, 0.2) is 5.38 Å². The van der Waals surface area contributed by atoms with Crippen LogP contribution in [0.4, 0.5) is 0 Å². The minimum atomic E-state index is -2.80. The van der Waals surface area contributed by atoms with Gasteiger partial charge in [0.25, 0.3) is 0 Å². The van der Waals surface area contributed by atoms with E-state index >= 15 is 0 Å². The first-order valence-electron chi connectivity index (χ1n) is 6.82. The Balaban J connectivity index is 2.03. The van der Waals surface area contributed by atoms with Crippen molar-refractivity contribution >= 4 is 21.2 Å². The van der Waals surface area contributed by atoms with Crippen LogP contribution < -0.4 is 5.32 Å². The summed E-state index contributed by atoms with van der Waals surface area (Å²) in [6.45, 7) is 5.89. The molecule has 1 saturated heterocycles. The number of sulfone groups is 1. The summed E-state index contributed by atoms with van der Waals surface area (Å²) in [6.07, 6.45) is 1.69. The van der Waals surface area contributed by atoms with E-state index in [1.165, 1.54) is 0 Å². The molecule has 2 heterocycles. The average Bonchev–Trinajstić information content (AvgIpc) is 2.90. The van der Waals surface area contributed by atoms with Crippen molar-refractivity contribution in [3.05, 3.63) is 16.1 Å². The van der Waals surface area contributed by atoms with E-state index in [1.54, 1.807) is 11.3 Å². The maximum absolute atomic E-state index is 11.6. The van der Waals surface area contributed by atoms with Crippen LogP contribution in [0.5, 0.6) is 0 Å². The molecule has 1 aromatic rings. The lowest BCUT2D eigenvalue weighted by Crippen LogP contribution is -2.30. The molecule has 2 unspecified atom stereocenters. The highest BCUT2D eigenvalue weighted by molar-refractivity contribution is 7.91. The third-order valence-electron chi connectivity index (χ3n) is 3.73. The molecule has 1 aliphatic heterocycles. The maximum atomic E-state index is 11.6. The van der Waals surface area contributed by atoms with Gasteiger partial charge in [-0.15, -0.1) is 11.3 Å². The summed E-state index contributed by atoms with van der Waals surface area (Å²) in [4.78, 5) is 4.51. The minimum absolute atomic E-state index is 0.283. The number of nitrogens with zero attached hydrogens (tertiary/aromatic N) is 1. The number of nitrogens with one attached hydrogen (secondary N) is 1. The fraction of sp³-hybridized carbons (Fsp3) is 0.769. The molecule has 1 fully saturated rings. The smallest absolute Gasteiger partial charge is 0.150 e. The van der Waals surface area contributed by atoms with Crippen LogP contribution in [0, 0.1) is 18.8 Å². The van der Waals surface area contributed by atoms with E-state index in [0.29, 0.717) is 17.4 Å². The second-order valence-electron chi connectivity index (χ2n) is 5.29. The largest absolute Gasteiger partial charge is 0.317 e. The van der Waals surface area contributed by atoms with Crippen molar-refractivity contribution in [2.45, 2.75) is 26.7 Å². The molecule has 2 rings (SSSR count). The number of hydrogen-bond acceptors (Lipinski definition) is 5. The van der Waals surface area contributed by atoms with Crippen LogP contribution in [0.3, 0.4) is 0 Å². The van der Waals surface area contributed by atoms with Crippen molar-refractivity contribution in [2.75, 3.05) is 24.6 Å². The maximum Gasteiger partial charge on any atom is 0.150 e. The number of thiazole rings is 1. The van der Waals surface area contributed by atoms with Crippen LogP contribution in [0.25, 0.3) is 0 Å². The van der Waals surface area contributed by atoms with Gasteiger partial charge in [-0.05, 0) is 44.7 Å². The van der Waals surface area contributed by atoms with Gasteiger partial charge in [0, 0.05) is 5.38 Å². The van der Waals surface area contributed by atoms with E-state index in [0.717, 1.165) is 36.6 Å². The third kappa shape index (κ3) is 4.26. The monoisotopic (exact) mass is 302 g/mol. The van der Waals surface area contributed by atoms with Gasteiger partial charge >= 0.3 is 0 Å².